The molecule has 158 valence electrons. The molecule has 1 N–H and O–H groups in total. The largest absolute Gasteiger partial charge is 0.464 e. The van der Waals surface area contributed by atoms with Crippen LogP contribution in [0.4, 0.5) is 0 Å². The van der Waals surface area contributed by atoms with Crippen molar-refractivity contribution in [2.75, 3.05) is 6.61 Å². The van der Waals surface area contributed by atoms with E-state index >= 15 is 0 Å². The molecule has 4 heteroatoms. The van der Waals surface area contributed by atoms with E-state index in [1.807, 2.05) is 19.1 Å². The van der Waals surface area contributed by atoms with Gasteiger partial charge in [0, 0.05) is 5.56 Å². The molecule has 1 amide bonds. The molecule has 0 radical (unpaired) electrons. The molecule has 1 aromatic carbocycles. The van der Waals surface area contributed by atoms with Crippen molar-refractivity contribution in [3.05, 3.63) is 35.4 Å². The molecule has 0 fully saturated rings. The molecule has 0 saturated heterocycles. The molecule has 0 saturated carbocycles. The monoisotopic (exact) mass is 389 g/mol. The van der Waals surface area contributed by atoms with Crippen LogP contribution in [-0.4, -0.2) is 24.5 Å². The fourth-order valence-corrected chi connectivity index (χ4v) is 3.11. The number of amides is 1. The summed E-state index contributed by atoms with van der Waals surface area (Å²) in [7, 11) is 0. The minimum atomic E-state index is -0.637. The molecule has 1 atom stereocenters. The average Bonchev–Trinajstić information content (AvgIpc) is 2.69. The molecule has 1 rings (SSSR count). The van der Waals surface area contributed by atoms with Crippen LogP contribution in [0, 0.1) is 6.92 Å². The molecule has 1 aromatic rings. The van der Waals surface area contributed by atoms with Crippen LogP contribution in [0.3, 0.4) is 0 Å². The number of aryl methyl sites for hydroxylation is 1. The molecule has 0 heterocycles. The van der Waals surface area contributed by atoms with E-state index in [1.165, 1.54) is 57.8 Å². The minimum absolute atomic E-state index is 0.251. The molecular weight excluding hydrogens is 350 g/mol. The van der Waals surface area contributed by atoms with Crippen LogP contribution >= 0.6 is 0 Å². The topological polar surface area (TPSA) is 55.4 Å². The third-order valence-electron chi connectivity index (χ3n) is 5.01. The van der Waals surface area contributed by atoms with E-state index in [2.05, 4.69) is 12.2 Å². The fourth-order valence-electron chi connectivity index (χ4n) is 3.11. The number of rotatable bonds is 15. The number of ether oxygens (including phenoxy) is 1. The first kappa shape index (κ1) is 24.2. The fraction of sp³-hybridized carbons (Fsp3) is 0.667. The zero-order valence-corrected chi connectivity index (χ0v) is 18.1. The summed E-state index contributed by atoms with van der Waals surface area (Å²) >= 11 is 0. The van der Waals surface area contributed by atoms with Crippen LogP contribution in [0.5, 0.6) is 0 Å². The Balaban J connectivity index is 2.02. The molecule has 4 nitrogen and oxygen atoms in total. The van der Waals surface area contributed by atoms with Crippen molar-refractivity contribution < 1.29 is 14.3 Å². The number of esters is 1. The van der Waals surface area contributed by atoms with Crippen LogP contribution in [0.15, 0.2) is 24.3 Å². The third-order valence-corrected chi connectivity index (χ3v) is 5.01. The van der Waals surface area contributed by atoms with E-state index in [-0.39, 0.29) is 11.9 Å². The predicted octanol–water partition coefficient (Wildman–Crippen LogP) is 5.97. The molecule has 0 aliphatic carbocycles. The normalized spacial score (nSPS) is 11.8. The standard InChI is InChI=1S/C24H39NO3/c1-4-5-6-7-8-9-10-11-12-13-14-19-28-24(27)21(3)25-23(26)22-17-15-20(2)16-18-22/h15-18,21H,4-14,19H2,1-3H3,(H,25,26)/t21-/m0/s1. The summed E-state index contributed by atoms with van der Waals surface area (Å²) in [6, 6.07) is 6.64. The predicted molar refractivity (Wildman–Crippen MR) is 116 cm³/mol. The van der Waals surface area contributed by atoms with Gasteiger partial charge in [-0.2, -0.15) is 0 Å². The van der Waals surface area contributed by atoms with Gasteiger partial charge in [-0.15, -0.1) is 0 Å². The van der Waals surface area contributed by atoms with Gasteiger partial charge in [-0.1, -0.05) is 88.8 Å². The van der Waals surface area contributed by atoms with Crippen molar-refractivity contribution in [2.24, 2.45) is 0 Å². The van der Waals surface area contributed by atoms with E-state index in [0.717, 1.165) is 18.4 Å². The lowest BCUT2D eigenvalue weighted by Gasteiger charge is -2.13. The molecule has 0 aliphatic rings. The van der Waals surface area contributed by atoms with Crippen molar-refractivity contribution >= 4 is 11.9 Å². The highest BCUT2D eigenvalue weighted by Gasteiger charge is 2.17. The van der Waals surface area contributed by atoms with E-state index in [1.54, 1.807) is 19.1 Å². The van der Waals surface area contributed by atoms with E-state index < -0.39 is 6.04 Å². The SMILES string of the molecule is CCCCCCCCCCCCCOC(=O)[C@H](C)NC(=O)c1ccc(C)cc1. The first-order valence-electron chi connectivity index (χ1n) is 11.1. The van der Waals surface area contributed by atoms with Gasteiger partial charge >= 0.3 is 5.97 Å². The summed E-state index contributed by atoms with van der Waals surface area (Å²) in [5, 5.41) is 2.70. The zero-order valence-electron chi connectivity index (χ0n) is 18.1. The first-order chi connectivity index (χ1) is 13.5. The second-order valence-corrected chi connectivity index (χ2v) is 7.76. The van der Waals surface area contributed by atoms with Gasteiger partial charge < -0.3 is 10.1 Å². The molecule has 0 bridgehead atoms. The van der Waals surface area contributed by atoms with Gasteiger partial charge in [0.2, 0.25) is 0 Å². The van der Waals surface area contributed by atoms with Gasteiger partial charge in [0.1, 0.15) is 6.04 Å². The number of benzene rings is 1. The Kier molecular flexibility index (Phi) is 13.1. The Bertz CT molecular complexity index is 553. The second kappa shape index (κ2) is 15.1. The summed E-state index contributed by atoms with van der Waals surface area (Å²) in [5.41, 5.74) is 1.64. The van der Waals surface area contributed by atoms with Gasteiger partial charge in [-0.05, 0) is 32.4 Å². The van der Waals surface area contributed by atoms with Gasteiger partial charge in [0.15, 0.2) is 0 Å². The Morgan fingerprint density at radius 1 is 0.857 bits per heavy atom. The highest BCUT2D eigenvalue weighted by molar-refractivity contribution is 5.96. The van der Waals surface area contributed by atoms with Crippen LogP contribution in [-0.2, 0) is 9.53 Å². The number of carbonyl (C=O) groups is 2. The highest BCUT2D eigenvalue weighted by Crippen LogP contribution is 2.11. The molecular formula is C24H39NO3. The van der Waals surface area contributed by atoms with Gasteiger partial charge in [-0.25, -0.2) is 4.79 Å². The third kappa shape index (κ3) is 11.1. The van der Waals surface area contributed by atoms with Gasteiger partial charge in [0.25, 0.3) is 5.91 Å². The van der Waals surface area contributed by atoms with E-state index in [4.69, 9.17) is 4.74 Å². The van der Waals surface area contributed by atoms with Crippen molar-refractivity contribution in [3.8, 4) is 0 Å². The molecule has 0 spiro atoms. The summed E-state index contributed by atoms with van der Waals surface area (Å²) in [6.45, 7) is 6.31. The quantitative estimate of drug-likeness (QED) is 0.297. The molecule has 0 aliphatic heterocycles. The maximum atomic E-state index is 12.1. The maximum Gasteiger partial charge on any atom is 0.328 e. The van der Waals surface area contributed by atoms with Gasteiger partial charge in [0.05, 0.1) is 6.61 Å². The Labute approximate surface area is 171 Å². The van der Waals surface area contributed by atoms with Crippen LogP contribution in [0.1, 0.15) is 100 Å². The zero-order chi connectivity index (χ0) is 20.6. The number of hydrogen-bond donors (Lipinski definition) is 1. The molecule has 28 heavy (non-hydrogen) atoms. The number of nitrogens with one attached hydrogen (secondary N) is 1. The second-order valence-electron chi connectivity index (χ2n) is 7.76. The first-order valence-corrected chi connectivity index (χ1v) is 11.1. The smallest absolute Gasteiger partial charge is 0.328 e. The maximum absolute atomic E-state index is 12.1. The Hall–Kier alpha value is -1.84. The molecule has 0 aromatic heterocycles. The summed E-state index contributed by atoms with van der Waals surface area (Å²) in [5.74, 6) is -0.619. The lowest BCUT2D eigenvalue weighted by atomic mass is 10.1. The Morgan fingerprint density at radius 3 is 1.89 bits per heavy atom. The van der Waals surface area contributed by atoms with Gasteiger partial charge in [-0.3, -0.25) is 4.79 Å². The van der Waals surface area contributed by atoms with Crippen molar-refractivity contribution in [3.63, 3.8) is 0 Å². The average molecular weight is 390 g/mol. The number of unbranched alkanes of at least 4 members (excludes halogenated alkanes) is 10. The summed E-state index contributed by atoms with van der Waals surface area (Å²) in [4.78, 5) is 24.1. The Morgan fingerprint density at radius 2 is 1.36 bits per heavy atom. The number of hydrogen-bond acceptors (Lipinski definition) is 3. The van der Waals surface area contributed by atoms with Crippen molar-refractivity contribution in [1.82, 2.24) is 5.32 Å². The summed E-state index contributed by atoms with van der Waals surface area (Å²) < 4.78 is 5.29. The van der Waals surface area contributed by atoms with Crippen LogP contribution < -0.4 is 5.32 Å². The van der Waals surface area contributed by atoms with E-state index in [9.17, 15) is 9.59 Å². The van der Waals surface area contributed by atoms with Crippen LogP contribution in [0.2, 0.25) is 0 Å². The lowest BCUT2D eigenvalue weighted by molar-refractivity contribution is -0.145. The molecule has 0 unspecified atom stereocenters. The van der Waals surface area contributed by atoms with E-state index in [0.29, 0.717) is 12.2 Å². The summed E-state index contributed by atoms with van der Waals surface area (Å²) in [6.07, 6.45) is 13.9. The van der Waals surface area contributed by atoms with Crippen molar-refractivity contribution in [1.29, 1.82) is 0 Å². The van der Waals surface area contributed by atoms with Crippen LogP contribution in [0.25, 0.3) is 0 Å². The highest BCUT2D eigenvalue weighted by atomic mass is 16.5. The number of carbonyl (C=O) groups excluding carboxylic acids is 2. The minimum Gasteiger partial charge on any atom is -0.464 e. The lowest BCUT2D eigenvalue weighted by Crippen LogP contribution is -2.39. The van der Waals surface area contributed by atoms with Crippen molar-refractivity contribution in [2.45, 2.75) is 97.4 Å².